The third-order valence-corrected chi connectivity index (χ3v) is 2.72. The van der Waals surface area contributed by atoms with Crippen molar-refractivity contribution in [1.29, 1.82) is 0 Å². The lowest BCUT2D eigenvalue weighted by Gasteiger charge is -2.16. The zero-order valence-electron chi connectivity index (χ0n) is 12.3. The minimum absolute atomic E-state index is 0.115. The Morgan fingerprint density at radius 1 is 1.50 bits per heavy atom. The van der Waals surface area contributed by atoms with E-state index in [0.29, 0.717) is 11.1 Å². The molecule has 1 rings (SSSR count). The molecule has 5 nitrogen and oxygen atoms in total. The Balaban J connectivity index is 2.63. The zero-order chi connectivity index (χ0) is 15.0. The second-order valence-corrected chi connectivity index (χ2v) is 4.93. The van der Waals surface area contributed by atoms with E-state index in [-0.39, 0.29) is 18.5 Å². The Morgan fingerprint density at radius 3 is 2.90 bits per heavy atom. The molecule has 0 saturated carbocycles. The van der Waals surface area contributed by atoms with Gasteiger partial charge in [0.05, 0.1) is 12.1 Å². The van der Waals surface area contributed by atoms with Crippen molar-refractivity contribution in [3.63, 3.8) is 0 Å². The summed E-state index contributed by atoms with van der Waals surface area (Å²) in [6.45, 7) is 3.21. The van der Waals surface area contributed by atoms with Crippen LogP contribution in [0, 0.1) is 11.8 Å². The van der Waals surface area contributed by atoms with Crippen LogP contribution in [0.4, 0.5) is 0 Å². The first kappa shape index (κ1) is 16.2. The highest BCUT2D eigenvalue weighted by atomic mass is 16.1. The van der Waals surface area contributed by atoms with E-state index in [1.165, 1.54) is 0 Å². The van der Waals surface area contributed by atoms with Crippen LogP contribution in [0.15, 0.2) is 18.5 Å². The van der Waals surface area contributed by atoms with Crippen LogP contribution in [0.1, 0.15) is 29.3 Å². The summed E-state index contributed by atoms with van der Waals surface area (Å²) in [5.74, 6) is 5.49. The summed E-state index contributed by atoms with van der Waals surface area (Å²) in [5.41, 5.74) is 6.54. The molecule has 0 saturated heterocycles. The lowest BCUT2D eigenvalue weighted by Crippen LogP contribution is -2.34. The van der Waals surface area contributed by atoms with Crippen molar-refractivity contribution >= 4 is 5.91 Å². The summed E-state index contributed by atoms with van der Waals surface area (Å²) in [6, 6.07) is 1.84. The van der Waals surface area contributed by atoms with E-state index in [0.717, 1.165) is 13.0 Å². The molecule has 1 atom stereocenters. The fourth-order valence-electron chi connectivity index (χ4n) is 1.62. The number of carbonyl (C=O) groups is 1. The van der Waals surface area contributed by atoms with Crippen LogP contribution in [0.5, 0.6) is 0 Å². The standard InChI is InChI=1S/C15H22N4O/c1-12(6-8-19(2)3)18-15(20)14-9-13(5-4-7-16)10-17-11-14/h9-12H,6-8,16H2,1-3H3,(H,18,20). The lowest BCUT2D eigenvalue weighted by atomic mass is 10.1. The van der Waals surface area contributed by atoms with Gasteiger partial charge in [-0.3, -0.25) is 9.78 Å². The predicted octanol–water partition coefficient (Wildman–Crippen LogP) is 0.462. The highest BCUT2D eigenvalue weighted by Gasteiger charge is 2.10. The van der Waals surface area contributed by atoms with Gasteiger partial charge in [0.2, 0.25) is 0 Å². The number of pyridine rings is 1. The van der Waals surface area contributed by atoms with Crippen LogP contribution in [-0.4, -0.2) is 49.0 Å². The van der Waals surface area contributed by atoms with Gasteiger partial charge in [-0.1, -0.05) is 11.8 Å². The van der Waals surface area contributed by atoms with E-state index in [2.05, 4.69) is 27.0 Å². The molecule has 0 spiro atoms. The Morgan fingerprint density at radius 2 is 2.25 bits per heavy atom. The fourth-order valence-corrected chi connectivity index (χ4v) is 1.62. The number of amides is 1. The molecule has 0 aromatic carbocycles. The highest BCUT2D eigenvalue weighted by molar-refractivity contribution is 5.94. The van der Waals surface area contributed by atoms with Crippen LogP contribution >= 0.6 is 0 Å². The molecular weight excluding hydrogens is 252 g/mol. The molecule has 3 N–H and O–H groups in total. The maximum absolute atomic E-state index is 12.1. The van der Waals surface area contributed by atoms with Gasteiger partial charge in [0.25, 0.3) is 5.91 Å². The smallest absolute Gasteiger partial charge is 0.253 e. The second-order valence-electron chi connectivity index (χ2n) is 4.93. The minimum atomic E-state index is -0.125. The van der Waals surface area contributed by atoms with Gasteiger partial charge in [-0.05, 0) is 40.1 Å². The third-order valence-electron chi connectivity index (χ3n) is 2.72. The zero-order valence-corrected chi connectivity index (χ0v) is 12.3. The van der Waals surface area contributed by atoms with Crippen molar-refractivity contribution in [2.45, 2.75) is 19.4 Å². The second kappa shape index (κ2) is 8.31. The summed E-state index contributed by atoms with van der Waals surface area (Å²) < 4.78 is 0. The van der Waals surface area contributed by atoms with E-state index in [1.54, 1.807) is 18.5 Å². The SMILES string of the molecule is CC(CCN(C)C)NC(=O)c1cncc(C#CCN)c1. The van der Waals surface area contributed by atoms with Gasteiger partial charge in [-0.25, -0.2) is 0 Å². The van der Waals surface area contributed by atoms with Gasteiger partial charge in [0, 0.05) is 24.0 Å². The summed E-state index contributed by atoms with van der Waals surface area (Å²) in [7, 11) is 4.02. The van der Waals surface area contributed by atoms with Crippen LogP contribution in [0.2, 0.25) is 0 Å². The topological polar surface area (TPSA) is 71.2 Å². The predicted molar refractivity (Wildman–Crippen MR) is 80.3 cm³/mol. The molecule has 1 unspecified atom stereocenters. The molecule has 1 amide bonds. The van der Waals surface area contributed by atoms with E-state index in [1.807, 2.05) is 21.0 Å². The van der Waals surface area contributed by atoms with Crippen molar-refractivity contribution in [1.82, 2.24) is 15.2 Å². The number of nitrogens with zero attached hydrogens (tertiary/aromatic N) is 2. The summed E-state index contributed by atoms with van der Waals surface area (Å²) in [6.07, 6.45) is 4.06. The third kappa shape index (κ3) is 5.83. The Bertz CT molecular complexity index is 502. The first-order valence-corrected chi connectivity index (χ1v) is 6.62. The maximum Gasteiger partial charge on any atom is 0.253 e. The van der Waals surface area contributed by atoms with Gasteiger partial charge in [0.1, 0.15) is 0 Å². The Labute approximate surface area is 120 Å². The Kier molecular flexibility index (Phi) is 6.71. The molecule has 0 aliphatic rings. The van der Waals surface area contributed by atoms with Gasteiger partial charge in [0.15, 0.2) is 0 Å². The van der Waals surface area contributed by atoms with E-state index in [9.17, 15) is 4.79 Å². The quantitative estimate of drug-likeness (QED) is 0.765. The maximum atomic E-state index is 12.1. The molecule has 108 valence electrons. The number of nitrogens with two attached hydrogens (primary N) is 1. The van der Waals surface area contributed by atoms with Crippen molar-refractivity contribution in [2.24, 2.45) is 5.73 Å². The van der Waals surface area contributed by atoms with Crippen LogP contribution in [0.3, 0.4) is 0 Å². The van der Waals surface area contributed by atoms with Crippen molar-refractivity contribution in [3.8, 4) is 11.8 Å². The van der Waals surface area contributed by atoms with Crippen LogP contribution < -0.4 is 11.1 Å². The van der Waals surface area contributed by atoms with Crippen LogP contribution in [-0.2, 0) is 0 Å². The number of rotatable bonds is 5. The molecule has 1 aromatic rings. The summed E-state index contributed by atoms with van der Waals surface area (Å²) >= 11 is 0. The molecule has 1 heterocycles. The van der Waals surface area contributed by atoms with Gasteiger partial charge in [-0.2, -0.15) is 0 Å². The number of hydrogen-bond donors (Lipinski definition) is 2. The first-order valence-electron chi connectivity index (χ1n) is 6.62. The van der Waals surface area contributed by atoms with Crippen molar-refractivity contribution in [2.75, 3.05) is 27.2 Å². The number of carbonyl (C=O) groups excluding carboxylic acids is 1. The van der Waals surface area contributed by atoms with E-state index >= 15 is 0 Å². The largest absolute Gasteiger partial charge is 0.349 e. The fraction of sp³-hybridized carbons (Fsp3) is 0.467. The van der Waals surface area contributed by atoms with Crippen molar-refractivity contribution < 1.29 is 4.79 Å². The first-order chi connectivity index (χ1) is 9.52. The van der Waals surface area contributed by atoms with Gasteiger partial charge < -0.3 is 16.0 Å². The molecule has 0 fully saturated rings. The van der Waals surface area contributed by atoms with Gasteiger partial charge in [-0.15, -0.1) is 0 Å². The molecule has 0 bridgehead atoms. The lowest BCUT2D eigenvalue weighted by molar-refractivity contribution is 0.0936. The molecule has 5 heteroatoms. The molecule has 1 aromatic heterocycles. The van der Waals surface area contributed by atoms with Crippen LogP contribution in [0.25, 0.3) is 0 Å². The Hall–Kier alpha value is -1.90. The normalized spacial score (nSPS) is 11.7. The van der Waals surface area contributed by atoms with Gasteiger partial charge >= 0.3 is 0 Å². The number of nitrogens with one attached hydrogen (secondary N) is 1. The average Bonchev–Trinajstić information content (AvgIpc) is 2.43. The molecule has 0 aliphatic carbocycles. The number of hydrogen-bond acceptors (Lipinski definition) is 4. The number of aromatic nitrogens is 1. The summed E-state index contributed by atoms with van der Waals surface area (Å²) in [5, 5.41) is 2.96. The monoisotopic (exact) mass is 274 g/mol. The molecule has 0 radical (unpaired) electrons. The van der Waals surface area contributed by atoms with E-state index in [4.69, 9.17) is 5.73 Å². The van der Waals surface area contributed by atoms with Crippen molar-refractivity contribution in [3.05, 3.63) is 29.6 Å². The minimum Gasteiger partial charge on any atom is -0.349 e. The molecule has 20 heavy (non-hydrogen) atoms. The average molecular weight is 274 g/mol. The molecule has 0 aliphatic heterocycles. The van der Waals surface area contributed by atoms with E-state index < -0.39 is 0 Å². The molecular formula is C15H22N4O. The summed E-state index contributed by atoms with van der Waals surface area (Å²) in [4.78, 5) is 18.2. The highest BCUT2D eigenvalue weighted by Crippen LogP contribution is 2.03.